The van der Waals surface area contributed by atoms with Gasteiger partial charge < -0.3 is 9.80 Å². The Balaban J connectivity index is 1.79. The number of imide groups is 1. The number of carbonyl (C=O) groups is 2. The van der Waals surface area contributed by atoms with Crippen molar-refractivity contribution in [3.63, 3.8) is 0 Å². The summed E-state index contributed by atoms with van der Waals surface area (Å²) in [6.45, 7) is 0.498. The molecule has 0 aliphatic carbocycles. The number of anilines is 2. The molecule has 0 atom stereocenters. The number of nitrogens with zero attached hydrogens (tertiary/aromatic N) is 3. The Morgan fingerprint density at radius 1 is 0.812 bits per heavy atom. The maximum atomic E-state index is 13.6. The van der Waals surface area contributed by atoms with Crippen LogP contribution in [0, 0.1) is 0 Å². The van der Waals surface area contributed by atoms with Gasteiger partial charge in [0, 0.05) is 38.4 Å². The van der Waals surface area contributed by atoms with Crippen LogP contribution in [0.2, 0.25) is 5.02 Å². The van der Waals surface area contributed by atoms with Gasteiger partial charge in [0.1, 0.15) is 5.70 Å². The zero-order chi connectivity index (χ0) is 22.8. The molecule has 162 valence electrons. The third-order valence-corrected chi connectivity index (χ3v) is 5.69. The van der Waals surface area contributed by atoms with E-state index >= 15 is 0 Å². The maximum absolute atomic E-state index is 13.6. The Bertz CT molecular complexity index is 1190. The summed E-state index contributed by atoms with van der Waals surface area (Å²) < 4.78 is 0. The molecule has 0 bridgehead atoms. The molecule has 6 heteroatoms. The lowest BCUT2D eigenvalue weighted by molar-refractivity contribution is -0.120. The molecule has 1 heterocycles. The molecule has 0 N–H and O–H groups in total. The lowest BCUT2D eigenvalue weighted by Crippen LogP contribution is -2.34. The largest absolute Gasteiger partial charge is 0.378 e. The minimum atomic E-state index is -0.344. The van der Waals surface area contributed by atoms with Crippen LogP contribution in [0.3, 0.4) is 0 Å². The van der Waals surface area contributed by atoms with Gasteiger partial charge in [-0.2, -0.15) is 0 Å². The average Bonchev–Trinajstić information content (AvgIpc) is 3.05. The first-order valence-corrected chi connectivity index (χ1v) is 10.7. The lowest BCUT2D eigenvalue weighted by Gasteiger charge is -2.22. The molecule has 4 rings (SSSR count). The number of likely N-dealkylation sites (N-methyl/N-ethyl adjacent to an activating group) is 1. The minimum Gasteiger partial charge on any atom is -0.378 e. The number of benzene rings is 3. The van der Waals surface area contributed by atoms with Gasteiger partial charge in [0.15, 0.2) is 0 Å². The summed E-state index contributed by atoms with van der Waals surface area (Å²) in [5.41, 5.74) is 3.90. The molecule has 1 aliphatic rings. The molecule has 0 saturated heterocycles. The van der Waals surface area contributed by atoms with Crippen LogP contribution in [0.15, 0.2) is 84.6 Å². The van der Waals surface area contributed by atoms with Gasteiger partial charge in [-0.3, -0.25) is 9.59 Å². The number of amides is 2. The first-order chi connectivity index (χ1) is 15.4. The number of hydrogen-bond donors (Lipinski definition) is 0. The van der Waals surface area contributed by atoms with Gasteiger partial charge in [-0.25, -0.2) is 4.90 Å². The molecule has 3 aromatic rings. The quantitative estimate of drug-likeness (QED) is 0.510. The van der Waals surface area contributed by atoms with E-state index in [2.05, 4.69) is 0 Å². The van der Waals surface area contributed by atoms with E-state index in [0.29, 0.717) is 34.1 Å². The van der Waals surface area contributed by atoms with E-state index < -0.39 is 0 Å². The fraction of sp³-hybridized carbons (Fsp3) is 0.154. The highest BCUT2D eigenvalue weighted by Crippen LogP contribution is 2.36. The summed E-state index contributed by atoms with van der Waals surface area (Å²) >= 11 is 6.07. The molecular formula is C26H24ClN3O2. The predicted molar refractivity (Wildman–Crippen MR) is 130 cm³/mol. The summed E-state index contributed by atoms with van der Waals surface area (Å²) in [5.74, 6) is -0.683. The fourth-order valence-corrected chi connectivity index (χ4v) is 3.96. The van der Waals surface area contributed by atoms with Crippen molar-refractivity contribution in [2.24, 2.45) is 0 Å². The second-order valence-electron chi connectivity index (χ2n) is 7.93. The molecule has 0 saturated carbocycles. The molecule has 0 unspecified atom stereocenters. The molecule has 2 amide bonds. The number of halogens is 1. The maximum Gasteiger partial charge on any atom is 0.282 e. The second kappa shape index (κ2) is 8.89. The number of rotatable bonds is 6. The summed E-state index contributed by atoms with van der Waals surface area (Å²) in [5, 5.41) is 0.570. The average molecular weight is 446 g/mol. The first-order valence-electron chi connectivity index (χ1n) is 10.3. The summed E-state index contributed by atoms with van der Waals surface area (Å²) in [4.78, 5) is 32.3. The van der Waals surface area contributed by atoms with Crippen LogP contribution in [-0.4, -0.2) is 37.9 Å². The SMILES string of the molecule is CN(Cc1ccccc1)C1=C(c2ccc(Cl)cc2)C(=O)N(c2cccc(N(C)C)c2)C1=O. The topological polar surface area (TPSA) is 43.9 Å². The highest BCUT2D eigenvalue weighted by Gasteiger charge is 2.41. The molecule has 0 fully saturated rings. The van der Waals surface area contributed by atoms with E-state index in [9.17, 15) is 9.59 Å². The Labute approximate surface area is 193 Å². The molecule has 32 heavy (non-hydrogen) atoms. The van der Waals surface area contributed by atoms with Crippen LogP contribution in [0.1, 0.15) is 11.1 Å². The summed E-state index contributed by atoms with van der Waals surface area (Å²) in [6, 6.07) is 24.3. The Morgan fingerprint density at radius 2 is 1.50 bits per heavy atom. The van der Waals surface area contributed by atoms with Crippen molar-refractivity contribution < 1.29 is 9.59 Å². The van der Waals surface area contributed by atoms with Gasteiger partial charge in [0.2, 0.25) is 0 Å². The van der Waals surface area contributed by atoms with Gasteiger partial charge in [-0.1, -0.05) is 60.1 Å². The van der Waals surface area contributed by atoms with E-state index in [0.717, 1.165) is 11.3 Å². The third-order valence-electron chi connectivity index (χ3n) is 5.44. The minimum absolute atomic E-state index is 0.339. The van der Waals surface area contributed by atoms with Gasteiger partial charge >= 0.3 is 0 Å². The molecular weight excluding hydrogens is 422 g/mol. The molecule has 3 aromatic carbocycles. The van der Waals surface area contributed by atoms with Crippen LogP contribution >= 0.6 is 11.6 Å². The molecule has 0 aromatic heterocycles. The van der Waals surface area contributed by atoms with Crippen LogP contribution < -0.4 is 9.80 Å². The summed E-state index contributed by atoms with van der Waals surface area (Å²) in [6.07, 6.45) is 0. The second-order valence-corrected chi connectivity index (χ2v) is 8.37. The van der Waals surface area contributed by atoms with Crippen LogP contribution in [-0.2, 0) is 16.1 Å². The highest BCUT2D eigenvalue weighted by atomic mass is 35.5. The molecule has 5 nitrogen and oxygen atoms in total. The van der Waals surface area contributed by atoms with Crippen molar-refractivity contribution in [2.45, 2.75) is 6.54 Å². The van der Waals surface area contributed by atoms with Crippen LogP contribution in [0.25, 0.3) is 5.57 Å². The third kappa shape index (κ3) is 4.12. The van der Waals surface area contributed by atoms with E-state index in [1.165, 1.54) is 4.90 Å². The first kappa shape index (κ1) is 21.7. The van der Waals surface area contributed by atoms with Crippen LogP contribution in [0.4, 0.5) is 11.4 Å². The van der Waals surface area contributed by atoms with Crippen molar-refractivity contribution >= 4 is 40.4 Å². The molecule has 1 aliphatic heterocycles. The monoisotopic (exact) mass is 445 g/mol. The Kier molecular flexibility index (Phi) is 6.01. The van der Waals surface area contributed by atoms with E-state index in [4.69, 9.17) is 11.6 Å². The van der Waals surface area contributed by atoms with E-state index in [-0.39, 0.29) is 11.8 Å². The predicted octanol–water partition coefficient (Wildman–Crippen LogP) is 4.82. The molecule has 0 spiro atoms. The van der Waals surface area contributed by atoms with E-state index in [1.807, 2.05) is 79.5 Å². The Morgan fingerprint density at radius 3 is 2.16 bits per heavy atom. The fourth-order valence-electron chi connectivity index (χ4n) is 3.83. The van der Waals surface area contributed by atoms with Crippen molar-refractivity contribution in [3.8, 4) is 0 Å². The standard InChI is InChI=1S/C26H24ClN3O2/c1-28(2)21-10-7-11-22(16-21)30-25(31)23(19-12-14-20(27)15-13-19)24(26(30)32)29(3)17-18-8-5-4-6-9-18/h4-16H,17H2,1-3H3. The van der Waals surface area contributed by atoms with Gasteiger partial charge in [0.05, 0.1) is 11.3 Å². The van der Waals surface area contributed by atoms with Crippen molar-refractivity contribution in [1.82, 2.24) is 4.90 Å². The van der Waals surface area contributed by atoms with Crippen molar-refractivity contribution in [1.29, 1.82) is 0 Å². The van der Waals surface area contributed by atoms with Crippen molar-refractivity contribution in [2.75, 3.05) is 30.9 Å². The van der Waals surface area contributed by atoms with E-state index in [1.54, 1.807) is 30.3 Å². The zero-order valence-corrected chi connectivity index (χ0v) is 19.0. The molecule has 0 radical (unpaired) electrons. The zero-order valence-electron chi connectivity index (χ0n) is 18.2. The van der Waals surface area contributed by atoms with Crippen LogP contribution in [0.5, 0.6) is 0 Å². The highest BCUT2D eigenvalue weighted by molar-refractivity contribution is 6.45. The van der Waals surface area contributed by atoms with Gasteiger partial charge in [-0.05, 0) is 41.5 Å². The smallest absolute Gasteiger partial charge is 0.282 e. The lowest BCUT2D eigenvalue weighted by atomic mass is 10.0. The van der Waals surface area contributed by atoms with Gasteiger partial charge in [-0.15, -0.1) is 0 Å². The number of carbonyl (C=O) groups excluding carboxylic acids is 2. The normalized spacial score (nSPS) is 13.7. The number of hydrogen-bond acceptors (Lipinski definition) is 4. The Hall–Kier alpha value is -3.57. The van der Waals surface area contributed by atoms with Gasteiger partial charge in [0.25, 0.3) is 11.8 Å². The van der Waals surface area contributed by atoms with Crippen molar-refractivity contribution in [3.05, 3.63) is 101 Å². The summed E-state index contributed by atoms with van der Waals surface area (Å²) in [7, 11) is 5.68.